The topological polar surface area (TPSA) is 41.1 Å². The lowest BCUT2D eigenvalue weighted by Gasteiger charge is -2.32. The number of rotatable bonds is 3. The van der Waals surface area contributed by atoms with Gasteiger partial charge in [0.25, 0.3) is 0 Å². The van der Waals surface area contributed by atoms with Crippen LogP contribution in [0.15, 0.2) is 0 Å². The van der Waals surface area contributed by atoms with Crippen LogP contribution in [0.5, 0.6) is 0 Å². The molecule has 4 unspecified atom stereocenters. The third kappa shape index (κ3) is 2.42. The number of hydrogen-bond donors (Lipinski definition) is 2. The molecule has 4 atom stereocenters. The Hall–Kier alpha value is -0.570. The second-order valence-electron chi connectivity index (χ2n) is 6.59. The summed E-state index contributed by atoms with van der Waals surface area (Å²) in [7, 11) is 0. The van der Waals surface area contributed by atoms with Gasteiger partial charge in [0, 0.05) is 12.1 Å². The fraction of sp³-hybridized carbons (Fsp3) is 0.933. The highest BCUT2D eigenvalue weighted by atomic mass is 16.2. The summed E-state index contributed by atoms with van der Waals surface area (Å²) < 4.78 is 0. The van der Waals surface area contributed by atoms with Crippen LogP contribution >= 0.6 is 0 Å². The fourth-order valence-electron chi connectivity index (χ4n) is 3.90. The minimum atomic E-state index is 0.0839. The molecule has 102 valence electrons. The number of carbonyl (C=O) groups is 1. The van der Waals surface area contributed by atoms with Gasteiger partial charge in [0.05, 0.1) is 6.04 Å². The summed E-state index contributed by atoms with van der Waals surface area (Å²) >= 11 is 0. The number of amides is 1. The minimum absolute atomic E-state index is 0.0839. The number of fused-ring (bicyclic) bond motifs is 1. The second-order valence-corrected chi connectivity index (χ2v) is 6.59. The Morgan fingerprint density at radius 3 is 2.61 bits per heavy atom. The Kier molecular flexibility index (Phi) is 3.60. The van der Waals surface area contributed by atoms with Crippen LogP contribution in [0.2, 0.25) is 0 Å². The van der Waals surface area contributed by atoms with E-state index in [1.165, 1.54) is 44.9 Å². The first-order valence-corrected chi connectivity index (χ1v) is 7.80. The van der Waals surface area contributed by atoms with E-state index in [4.69, 9.17) is 0 Å². The molecule has 3 fully saturated rings. The zero-order valence-electron chi connectivity index (χ0n) is 11.5. The summed E-state index contributed by atoms with van der Waals surface area (Å²) in [4.78, 5) is 12.3. The standard InChI is InChI=1S/C15H26N2O/c1-10(11-6-4-7-11)16-15(18)14-9-12-5-2-3-8-13(12)17-14/h10-14,17H,2-9H2,1H3,(H,16,18). The van der Waals surface area contributed by atoms with E-state index in [0.29, 0.717) is 12.1 Å². The molecule has 1 aliphatic heterocycles. The highest BCUT2D eigenvalue weighted by Crippen LogP contribution is 2.33. The molecule has 2 saturated carbocycles. The Morgan fingerprint density at radius 2 is 1.94 bits per heavy atom. The molecule has 0 aromatic heterocycles. The van der Waals surface area contributed by atoms with Crippen LogP contribution in [0.3, 0.4) is 0 Å². The lowest BCUT2D eigenvalue weighted by atomic mass is 9.80. The highest BCUT2D eigenvalue weighted by Gasteiger charge is 2.38. The third-order valence-electron chi connectivity index (χ3n) is 5.41. The van der Waals surface area contributed by atoms with Crippen LogP contribution in [-0.2, 0) is 4.79 Å². The second kappa shape index (κ2) is 5.20. The summed E-state index contributed by atoms with van der Waals surface area (Å²) in [5.41, 5.74) is 0. The van der Waals surface area contributed by atoms with Crippen LogP contribution in [0.25, 0.3) is 0 Å². The molecular formula is C15H26N2O. The summed E-state index contributed by atoms with van der Waals surface area (Å²) in [6.07, 6.45) is 10.3. The first-order chi connectivity index (χ1) is 8.74. The van der Waals surface area contributed by atoms with Crippen molar-refractivity contribution in [2.24, 2.45) is 11.8 Å². The zero-order valence-corrected chi connectivity index (χ0v) is 11.5. The van der Waals surface area contributed by atoms with Gasteiger partial charge in [-0.1, -0.05) is 19.3 Å². The summed E-state index contributed by atoms with van der Waals surface area (Å²) in [5.74, 6) is 1.75. The SMILES string of the molecule is CC(NC(=O)C1CC2CCCCC2N1)C1CCC1. The van der Waals surface area contributed by atoms with Crippen molar-refractivity contribution < 1.29 is 4.79 Å². The summed E-state index contributed by atoms with van der Waals surface area (Å²) in [6.45, 7) is 2.17. The van der Waals surface area contributed by atoms with E-state index in [1.54, 1.807) is 0 Å². The predicted octanol–water partition coefficient (Wildman–Crippen LogP) is 2.21. The average molecular weight is 250 g/mol. The van der Waals surface area contributed by atoms with E-state index in [9.17, 15) is 4.79 Å². The number of nitrogens with one attached hydrogen (secondary N) is 2. The van der Waals surface area contributed by atoms with Gasteiger partial charge in [0.1, 0.15) is 0 Å². The first kappa shape index (κ1) is 12.5. The Bertz CT molecular complexity index is 300. The van der Waals surface area contributed by atoms with Crippen LogP contribution in [0.4, 0.5) is 0 Å². The van der Waals surface area contributed by atoms with E-state index < -0.39 is 0 Å². The molecule has 18 heavy (non-hydrogen) atoms. The number of hydrogen-bond acceptors (Lipinski definition) is 2. The maximum absolute atomic E-state index is 12.3. The van der Waals surface area contributed by atoms with Crippen LogP contribution in [-0.4, -0.2) is 24.0 Å². The van der Waals surface area contributed by atoms with Gasteiger partial charge < -0.3 is 10.6 Å². The maximum Gasteiger partial charge on any atom is 0.237 e. The van der Waals surface area contributed by atoms with E-state index in [-0.39, 0.29) is 11.9 Å². The quantitative estimate of drug-likeness (QED) is 0.806. The molecule has 3 aliphatic rings. The van der Waals surface area contributed by atoms with Crippen molar-refractivity contribution in [3.63, 3.8) is 0 Å². The molecule has 0 aromatic carbocycles. The van der Waals surface area contributed by atoms with E-state index in [2.05, 4.69) is 17.6 Å². The van der Waals surface area contributed by atoms with Gasteiger partial charge in [-0.05, 0) is 50.9 Å². The Morgan fingerprint density at radius 1 is 1.17 bits per heavy atom. The summed E-state index contributed by atoms with van der Waals surface area (Å²) in [6, 6.07) is 1.07. The Balaban J connectivity index is 1.50. The highest BCUT2D eigenvalue weighted by molar-refractivity contribution is 5.82. The van der Waals surface area contributed by atoms with Crippen molar-refractivity contribution in [2.45, 2.75) is 76.4 Å². The van der Waals surface area contributed by atoms with Crippen LogP contribution in [0, 0.1) is 11.8 Å². The molecular weight excluding hydrogens is 224 g/mol. The molecule has 0 radical (unpaired) electrons. The molecule has 3 heteroatoms. The third-order valence-corrected chi connectivity index (χ3v) is 5.41. The van der Waals surface area contributed by atoms with Crippen molar-refractivity contribution in [2.75, 3.05) is 0 Å². The van der Waals surface area contributed by atoms with Gasteiger partial charge >= 0.3 is 0 Å². The van der Waals surface area contributed by atoms with Gasteiger partial charge in [0.15, 0.2) is 0 Å². The van der Waals surface area contributed by atoms with Crippen molar-refractivity contribution in [3.8, 4) is 0 Å². The van der Waals surface area contributed by atoms with Crippen molar-refractivity contribution >= 4 is 5.91 Å². The summed E-state index contributed by atoms with van der Waals surface area (Å²) in [5, 5.41) is 6.79. The van der Waals surface area contributed by atoms with Gasteiger partial charge in [-0.3, -0.25) is 4.79 Å². The van der Waals surface area contributed by atoms with E-state index in [0.717, 1.165) is 18.3 Å². The van der Waals surface area contributed by atoms with Gasteiger partial charge in [-0.15, -0.1) is 0 Å². The van der Waals surface area contributed by atoms with Crippen LogP contribution in [0.1, 0.15) is 58.3 Å². The van der Waals surface area contributed by atoms with Crippen molar-refractivity contribution in [1.29, 1.82) is 0 Å². The molecule has 0 aromatic rings. The van der Waals surface area contributed by atoms with Crippen LogP contribution < -0.4 is 10.6 Å². The van der Waals surface area contributed by atoms with E-state index in [1.807, 2.05) is 0 Å². The molecule has 3 nitrogen and oxygen atoms in total. The molecule has 2 aliphatic carbocycles. The molecule has 0 bridgehead atoms. The Labute approximate surface area is 110 Å². The molecule has 2 N–H and O–H groups in total. The molecule has 1 amide bonds. The van der Waals surface area contributed by atoms with Gasteiger partial charge in [0.2, 0.25) is 5.91 Å². The fourth-order valence-corrected chi connectivity index (χ4v) is 3.90. The van der Waals surface area contributed by atoms with Gasteiger partial charge in [-0.25, -0.2) is 0 Å². The zero-order chi connectivity index (χ0) is 12.5. The normalized spacial score (nSPS) is 37.7. The molecule has 1 saturated heterocycles. The minimum Gasteiger partial charge on any atom is -0.352 e. The lowest BCUT2D eigenvalue weighted by Crippen LogP contribution is -2.48. The molecule has 1 heterocycles. The molecule has 0 spiro atoms. The predicted molar refractivity (Wildman–Crippen MR) is 72.2 cm³/mol. The lowest BCUT2D eigenvalue weighted by molar-refractivity contribution is -0.124. The molecule has 3 rings (SSSR count). The van der Waals surface area contributed by atoms with Crippen molar-refractivity contribution in [3.05, 3.63) is 0 Å². The maximum atomic E-state index is 12.3. The van der Waals surface area contributed by atoms with Crippen molar-refractivity contribution in [1.82, 2.24) is 10.6 Å². The van der Waals surface area contributed by atoms with E-state index >= 15 is 0 Å². The smallest absolute Gasteiger partial charge is 0.237 e. The number of carbonyl (C=O) groups excluding carboxylic acids is 1. The monoisotopic (exact) mass is 250 g/mol. The average Bonchev–Trinajstić information content (AvgIpc) is 2.69. The first-order valence-electron chi connectivity index (χ1n) is 7.80. The van der Waals surface area contributed by atoms with Gasteiger partial charge in [-0.2, -0.15) is 0 Å². The largest absolute Gasteiger partial charge is 0.352 e.